The highest BCUT2D eigenvalue weighted by Crippen LogP contribution is 2.65. The number of rotatable bonds is 10. The number of nitrogens with one attached hydrogen (secondary N) is 1. The minimum absolute atomic E-state index is 0.0758. The van der Waals surface area contributed by atoms with Gasteiger partial charge in [0, 0.05) is 0 Å². The highest BCUT2D eigenvalue weighted by atomic mass is 35.5. The van der Waals surface area contributed by atoms with Crippen molar-refractivity contribution in [1.29, 1.82) is 0 Å². The lowest BCUT2D eigenvalue weighted by Gasteiger charge is -2.64. The molecule has 1 amide bonds. The van der Waals surface area contributed by atoms with E-state index in [-0.39, 0.29) is 42.2 Å². The Morgan fingerprint density at radius 2 is 1.95 bits per heavy atom. The van der Waals surface area contributed by atoms with E-state index >= 15 is 0 Å². The number of aromatic nitrogens is 3. The zero-order valence-electron chi connectivity index (χ0n) is 25.9. The molecule has 5 atom stereocenters. The Morgan fingerprint density at radius 1 is 1.21 bits per heavy atom. The number of hydrogen-bond acceptors (Lipinski definition) is 8. The van der Waals surface area contributed by atoms with Crippen LogP contribution in [0.3, 0.4) is 0 Å². The number of halogens is 2. The van der Waals surface area contributed by atoms with E-state index in [2.05, 4.69) is 36.4 Å². The van der Waals surface area contributed by atoms with Gasteiger partial charge in [-0.2, -0.15) is 0 Å². The number of esters is 1. The molecular formula is C30H41BCl2N4O6. The maximum atomic E-state index is 13.5. The van der Waals surface area contributed by atoms with Gasteiger partial charge in [-0.3, -0.25) is 4.79 Å². The van der Waals surface area contributed by atoms with Gasteiger partial charge in [0.05, 0.1) is 42.2 Å². The summed E-state index contributed by atoms with van der Waals surface area (Å²) in [5.41, 5.74) is 1.15. The van der Waals surface area contributed by atoms with Crippen LogP contribution in [-0.4, -0.2) is 64.3 Å². The fourth-order valence-corrected chi connectivity index (χ4v) is 7.64. The Kier molecular flexibility index (Phi) is 8.86. The molecule has 0 unspecified atom stereocenters. The molecule has 4 fully saturated rings. The van der Waals surface area contributed by atoms with E-state index < -0.39 is 30.2 Å². The van der Waals surface area contributed by atoms with E-state index in [0.717, 1.165) is 12.8 Å². The van der Waals surface area contributed by atoms with E-state index in [1.165, 1.54) is 11.8 Å². The predicted molar refractivity (Wildman–Crippen MR) is 163 cm³/mol. The summed E-state index contributed by atoms with van der Waals surface area (Å²) in [6.07, 6.45) is 2.22. The number of alkyl halides is 2. The highest BCUT2D eigenvalue weighted by Gasteiger charge is 2.68. The molecule has 1 saturated heterocycles. The van der Waals surface area contributed by atoms with Crippen LogP contribution in [0, 0.1) is 17.3 Å². The standard InChI is InChI=1S/C30H41BCl2N4O6/c1-28(2,3)41-27(39)19-10-8-9-17(26(19)40-7)11-24(34-25(38)16-37-21(15-33)20(14-32)35-36-37)31-42-23-13-18-12-22(29(18,4)5)30(23,6)43-31/h8-10,18,22-24H,11-16H2,1-7H3,(H,34,38)/t18-,22-,23+,24-,30-/m0/s1. The largest absolute Gasteiger partial charge is 0.496 e. The lowest BCUT2D eigenvalue weighted by Crippen LogP contribution is -2.65. The Labute approximate surface area is 263 Å². The summed E-state index contributed by atoms with van der Waals surface area (Å²) in [5.74, 6) is 0.161. The third-order valence-corrected chi connectivity index (χ3v) is 9.97. The van der Waals surface area contributed by atoms with Gasteiger partial charge >= 0.3 is 13.1 Å². The molecule has 6 rings (SSSR count). The second-order valence-electron chi connectivity index (χ2n) is 13.6. The summed E-state index contributed by atoms with van der Waals surface area (Å²) in [7, 11) is 0.798. The van der Waals surface area contributed by atoms with Crippen molar-refractivity contribution in [2.45, 2.75) is 102 Å². The third kappa shape index (κ3) is 6.02. The molecule has 2 aromatic rings. The van der Waals surface area contributed by atoms with Crippen LogP contribution in [0.4, 0.5) is 0 Å². The molecule has 1 N–H and O–H groups in total. The topological polar surface area (TPSA) is 114 Å². The first-order valence-electron chi connectivity index (χ1n) is 14.8. The van der Waals surface area contributed by atoms with Crippen molar-refractivity contribution < 1.29 is 28.4 Å². The van der Waals surface area contributed by atoms with Crippen molar-refractivity contribution in [3.63, 3.8) is 0 Å². The Balaban J connectivity index is 1.43. The minimum atomic E-state index is -0.717. The Bertz CT molecular complexity index is 1380. The van der Waals surface area contributed by atoms with E-state index in [0.29, 0.717) is 40.1 Å². The molecule has 13 heteroatoms. The molecule has 4 aliphatic rings. The first-order valence-corrected chi connectivity index (χ1v) is 15.8. The van der Waals surface area contributed by atoms with Crippen molar-refractivity contribution in [3.05, 3.63) is 40.7 Å². The van der Waals surface area contributed by atoms with Gasteiger partial charge in [0.2, 0.25) is 5.91 Å². The van der Waals surface area contributed by atoms with E-state index in [1.807, 2.05) is 26.8 Å². The van der Waals surface area contributed by atoms with E-state index in [9.17, 15) is 9.59 Å². The average molecular weight is 635 g/mol. The molecule has 234 valence electrons. The number of ether oxygens (including phenoxy) is 2. The van der Waals surface area contributed by atoms with Crippen LogP contribution in [0.1, 0.15) is 81.7 Å². The maximum Gasteiger partial charge on any atom is 0.482 e. The van der Waals surface area contributed by atoms with Gasteiger partial charge in [0.15, 0.2) is 0 Å². The fraction of sp³-hybridized carbons (Fsp3) is 0.667. The first-order chi connectivity index (χ1) is 20.2. The van der Waals surface area contributed by atoms with Crippen molar-refractivity contribution in [2.24, 2.45) is 17.3 Å². The van der Waals surface area contributed by atoms with Crippen LogP contribution in [0.15, 0.2) is 18.2 Å². The number of para-hydroxylation sites is 1. The van der Waals surface area contributed by atoms with Crippen LogP contribution in [0.25, 0.3) is 0 Å². The Morgan fingerprint density at radius 3 is 2.58 bits per heavy atom. The summed E-state index contributed by atoms with van der Waals surface area (Å²) in [6, 6.07) is 5.32. The molecular weight excluding hydrogens is 594 g/mol. The molecule has 0 spiro atoms. The maximum absolute atomic E-state index is 13.5. The van der Waals surface area contributed by atoms with Crippen LogP contribution in [0.2, 0.25) is 0 Å². The number of nitrogens with zero attached hydrogens (tertiary/aromatic N) is 3. The molecule has 43 heavy (non-hydrogen) atoms. The molecule has 3 aliphatic carbocycles. The molecule has 10 nitrogen and oxygen atoms in total. The smallest absolute Gasteiger partial charge is 0.482 e. The normalized spacial score (nSPS) is 26.3. The summed E-state index contributed by atoms with van der Waals surface area (Å²) in [6.45, 7) is 12.1. The van der Waals surface area contributed by atoms with Gasteiger partial charge in [-0.15, -0.1) is 28.3 Å². The summed E-state index contributed by atoms with van der Waals surface area (Å²) < 4.78 is 26.2. The number of carbonyl (C=O) groups is 2. The zero-order chi connectivity index (χ0) is 31.3. The Hall–Kier alpha value is -2.34. The van der Waals surface area contributed by atoms with Crippen molar-refractivity contribution in [3.8, 4) is 5.75 Å². The zero-order valence-corrected chi connectivity index (χ0v) is 27.4. The molecule has 2 bridgehead atoms. The average Bonchev–Trinajstić information content (AvgIpc) is 3.50. The fourth-order valence-electron chi connectivity index (χ4n) is 7.14. The summed E-state index contributed by atoms with van der Waals surface area (Å²) in [5, 5.41) is 11.3. The van der Waals surface area contributed by atoms with Crippen LogP contribution in [0.5, 0.6) is 5.75 Å². The van der Waals surface area contributed by atoms with E-state index in [4.69, 9.17) is 42.0 Å². The van der Waals surface area contributed by atoms with Gasteiger partial charge in [0.1, 0.15) is 29.2 Å². The van der Waals surface area contributed by atoms with Crippen LogP contribution >= 0.6 is 23.2 Å². The number of amides is 1. The summed E-state index contributed by atoms with van der Waals surface area (Å²) >= 11 is 12.1. The molecule has 1 aliphatic heterocycles. The minimum Gasteiger partial charge on any atom is -0.496 e. The van der Waals surface area contributed by atoms with Crippen molar-refractivity contribution in [1.82, 2.24) is 20.3 Å². The van der Waals surface area contributed by atoms with Gasteiger partial charge in [0.25, 0.3) is 0 Å². The van der Waals surface area contributed by atoms with Crippen LogP contribution in [-0.2, 0) is 43.6 Å². The van der Waals surface area contributed by atoms with Crippen molar-refractivity contribution >= 4 is 42.2 Å². The highest BCUT2D eigenvalue weighted by molar-refractivity contribution is 6.48. The quantitative estimate of drug-likeness (QED) is 0.227. The molecule has 2 heterocycles. The SMILES string of the molecule is COc1c(C[C@H](NC(=O)Cn2nnc(CCl)c2CCl)B2O[C@@H]3C[C@@H]4C[C@@H](C4(C)C)[C@]3(C)O2)cccc1C(=O)OC(C)(C)C. The lowest BCUT2D eigenvalue weighted by molar-refractivity contribution is -0.199. The van der Waals surface area contributed by atoms with Gasteiger partial charge < -0.3 is 24.1 Å². The monoisotopic (exact) mass is 634 g/mol. The van der Waals surface area contributed by atoms with Gasteiger partial charge in [-0.05, 0) is 75.8 Å². The predicted octanol–water partition coefficient (Wildman–Crippen LogP) is 4.71. The van der Waals surface area contributed by atoms with Crippen molar-refractivity contribution in [2.75, 3.05) is 7.11 Å². The van der Waals surface area contributed by atoms with Gasteiger partial charge in [-0.1, -0.05) is 31.2 Å². The third-order valence-electron chi connectivity index (χ3n) is 9.47. The molecule has 3 saturated carbocycles. The molecule has 0 radical (unpaired) electrons. The van der Waals surface area contributed by atoms with Crippen LogP contribution < -0.4 is 10.1 Å². The number of benzene rings is 1. The van der Waals surface area contributed by atoms with E-state index in [1.54, 1.807) is 12.1 Å². The number of methoxy groups -OCH3 is 1. The second kappa shape index (κ2) is 11.9. The molecule has 1 aromatic heterocycles. The lowest BCUT2D eigenvalue weighted by atomic mass is 9.43. The summed E-state index contributed by atoms with van der Waals surface area (Å²) in [4.78, 5) is 26.6. The first kappa shape index (κ1) is 32.1. The number of carbonyl (C=O) groups excluding carboxylic acids is 2. The number of hydrogen-bond donors (Lipinski definition) is 1. The van der Waals surface area contributed by atoms with Gasteiger partial charge in [-0.25, -0.2) is 9.48 Å². The second-order valence-corrected chi connectivity index (χ2v) is 14.2. The molecule has 1 aromatic carbocycles.